The zero-order valence-corrected chi connectivity index (χ0v) is 8.29. The summed E-state index contributed by atoms with van der Waals surface area (Å²) in [5.74, 6) is -0.106. The third-order valence-corrected chi connectivity index (χ3v) is 2.79. The molecular weight excluding hydrogens is 176 g/mol. The molecule has 1 saturated carbocycles. The Bertz CT molecular complexity index is 365. The first-order valence-electron chi connectivity index (χ1n) is 4.98. The quantitative estimate of drug-likeness (QED) is 0.795. The van der Waals surface area contributed by atoms with Crippen LogP contribution in [0.15, 0.2) is 18.2 Å². The lowest BCUT2D eigenvalue weighted by molar-refractivity contribution is -0.136. The van der Waals surface area contributed by atoms with Crippen molar-refractivity contribution in [2.75, 3.05) is 0 Å². The van der Waals surface area contributed by atoms with Crippen molar-refractivity contribution in [2.45, 2.75) is 32.1 Å². The number of aryl methyl sites for hydroxylation is 1. The summed E-state index contributed by atoms with van der Waals surface area (Å²) >= 11 is 0. The van der Waals surface area contributed by atoms with Gasteiger partial charge in [0, 0.05) is 0 Å². The molecule has 1 aromatic rings. The molecule has 0 spiro atoms. The Morgan fingerprint density at radius 3 is 2.79 bits per heavy atom. The summed E-state index contributed by atoms with van der Waals surface area (Å²) in [6.07, 6.45) is 2.60. The van der Waals surface area contributed by atoms with Crippen molar-refractivity contribution in [3.05, 3.63) is 34.9 Å². The summed E-state index contributed by atoms with van der Waals surface area (Å²) < 4.78 is 0. The molecule has 1 N–H and O–H groups in total. The third kappa shape index (κ3) is 1.79. The predicted octanol–water partition coefficient (Wildman–Crippen LogP) is 2.50. The van der Waals surface area contributed by atoms with Gasteiger partial charge in [0.25, 0.3) is 0 Å². The highest BCUT2D eigenvalue weighted by molar-refractivity contribution is 5.71. The number of carboxylic acids is 1. The van der Waals surface area contributed by atoms with Gasteiger partial charge in [0.2, 0.25) is 0 Å². The van der Waals surface area contributed by atoms with Gasteiger partial charge >= 0.3 is 5.97 Å². The average molecular weight is 190 g/mol. The van der Waals surface area contributed by atoms with E-state index in [1.54, 1.807) is 0 Å². The van der Waals surface area contributed by atoms with Gasteiger partial charge in [-0.1, -0.05) is 18.2 Å². The molecule has 2 nitrogen and oxygen atoms in total. The molecule has 74 valence electrons. The van der Waals surface area contributed by atoms with Crippen LogP contribution in [-0.4, -0.2) is 11.1 Å². The first-order chi connectivity index (χ1) is 6.68. The summed E-state index contributed by atoms with van der Waals surface area (Å²) in [5.41, 5.74) is 3.40. The number of benzene rings is 1. The first-order valence-corrected chi connectivity index (χ1v) is 4.98. The Morgan fingerprint density at radius 1 is 1.50 bits per heavy atom. The maximum absolute atomic E-state index is 10.7. The van der Waals surface area contributed by atoms with Crippen LogP contribution in [0.3, 0.4) is 0 Å². The molecule has 2 rings (SSSR count). The molecule has 0 heterocycles. The fourth-order valence-corrected chi connectivity index (χ4v) is 1.89. The average Bonchev–Trinajstić information content (AvgIpc) is 2.90. The van der Waals surface area contributed by atoms with Crippen LogP contribution in [0.2, 0.25) is 0 Å². The lowest BCUT2D eigenvalue weighted by Crippen LogP contribution is -2.05. The summed E-state index contributed by atoms with van der Waals surface area (Å²) in [6, 6.07) is 6.08. The van der Waals surface area contributed by atoms with Crippen molar-refractivity contribution in [3.8, 4) is 0 Å². The van der Waals surface area contributed by atoms with Gasteiger partial charge in [-0.15, -0.1) is 0 Å². The fraction of sp³-hybridized carbons (Fsp3) is 0.417. The van der Waals surface area contributed by atoms with Crippen LogP contribution >= 0.6 is 0 Å². The lowest BCUT2D eigenvalue weighted by Gasteiger charge is -2.09. The van der Waals surface area contributed by atoms with Gasteiger partial charge in [-0.25, -0.2) is 0 Å². The Hall–Kier alpha value is -1.31. The van der Waals surface area contributed by atoms with Gasteiger partial charge in [-0.05, 0) is 42.4 Å². The zero-order valence-electron chi connectivity index (χ0n) is 8.29. The minimum atomic E-state index is -0.735. The molecular formula is C12H14O2. The maximum Gasteiger partial charge on any atom is 0.307 e. The molecule has 0 radical (unpaired) electrons. The van der Waals surface area contributed by atoms with E-state index < -0.39 is 5.97 Å². The molecule has 1 aliphatic rings. The highest BCUT2D eigenvalue weighted by Crippen LogP contribution is 2.42. The molecule has 0 aliphatic heterocycles. The minimum absolute atomic E-state index is 0.165. The second-order valence-corrected chi connectivity index (χ2v) is 3.99. The van der Waals surface area contributed by atoms with Crippen LogP contribution in [0.25, 0.3) is 0 Å². The standard InChI is InChI=1S/C12H14O2/c1-8-3-2-4-10(9-5-6-9)11(8)7-12(13)14/h2-4,9H,5-7H2,1H3,(H,13,14). The lowest BCUT2D eigenvalue weighted by atomic mass is 9.96. The number of hydrogen-bond acceptors (Lipinski definition) is 1. The molecule has 1 aromatic carbocycles. The third-order valence-electron chi connectivity index (χ3n) is 2.79. The Morgan fingerprint density at radius 2 is 2.21 bits per heavy atom. The summed E-state index contributed by atoms with van der Waals surface area (Å²) in [6.45, 7) is 1.99. The van der Waals surface area contributed by atoms with E-state index in [0.717, 1.165) is 11.1 Å². The van der Waals surface area contributed by atoms with Crippen molar-refractivity contribution < 1.29 is 9.90 Å². The molecule has 0 saturated heterocycles. The van der Waals surface area contributed by atoms with E-state index in [9.17, 15) is 4.79 Å². The van der Waals surface area contributed by atoms with E-state index >= 15 is 0 Å². The highest BCUT2D eigenvalue weighted by Gasteiger charge is 2.26. The summed E-state index contributed by atoms with van der Waals surface area (Å²) in [4.78, 5) is 10.7. The van der Waals surface area contributed by atoms with Gasteiger partial charge in [0.05, 0.1) is 6.42 Å². The van der Waals surface area contributed by atoms with Crippen LogP contribution in [0, 0.1) is 6.92 Å². The molecule has 0 atom stereocenters. The summed E-state index contributed by atoms with van der Waals surface area (Å²) in [5, 5.41) is 8.82. The summed E-state index contributed by atoms with van der Waals surface area (Å²) in [7, 11) is 0. The van der Waals surface area contributed by atoms with Crippen LogP contribution in [-0.2, 0) is 11.2 Å². The van der Waals surface area contributed by atoms with E-state index in [2.05, 4.69) is 6.07 Å². The van der Waals surface area contributed by atoms with Crippen molar-refractivity contribution in [1.29, 1.82) is 0 Å². The van der Waals surface area contributed by atoms with E-state index in [0.29, 0.717) is 5.92 Å². The van der Waals surface area contributed by atoms with Crippen LogP contribution in [0.4, 0.5) is 0 Å². The second-order valence-electron chi connectivity index (χ2n) is 3.99. The monoisotopic (exact) mass is 190 g/mol. The van der Waals surface area contributed by atoms with E-state index in [-0.39, 0.29) is 6.42 Å². The Kier molecular flexibility index (Phi) is 2.28. The smallest absolute Gasteiger partial charge is 0.307 e. The predicted molar refractivity (Wildman–Crippen MR) is 54.5 cm³/mol. The van der Waals surface area contributed by atoms with Crippen molar-refractivity contribution in [2.24, 2.45) is 0 Å². The molecule has 0 bridgehead atoms. The molecule has 1 fully saturated rings. The van der Waals surface area contributed by atoms with Gasteiger partial charge in [0.1, 0.15) is 0 Å². The molecule has 0 amide bonds. The fourth-order valence-electron chi connectivity index (χ4n) is 1.89. The van der Waals surface area contributed by atoms with Crippen LogP contribution in [0.1, 0.15) is 35.4 Å². The van der Waals surface area contributed by atoms with Crippen molar-refractivity contribution in [1.82, 2.24) is 0 Å². The van der Waals surface area contributed by atoms with Crippen molar-refractivity contribution in [3.63, 3.8) is 0 Å². The van der Waals surface area contributed by atoms with Crippen LogP contribution < -0.4 is 0 Å². The maximum atomic E-state index is 10.7. The number of rotatable bonds is 3. The molecule has 0 unspecified atom stereocenters. The van der Waals surface area contributed by atoms with Gasteiger partial charge < -0.3 is 5.11 Å². The highest BCUT2D eigenvalue weighted by atomic mass is 16.4. The number of hydrogen-bond donors (Lipinski definition) is 1. The Balaban J connectivity index is 2.37. The first kappa shape index (κ1) is 9.25. The van der Waals surface area contributed by atoms with Gasteiger partial charge in [-0.3, -0.25) is 4.79 Å². The van der Waals surface area contributed by atoms with E-state index in [4.69, 9.17) is 5.11 Å². The topological polar surface area (TPSA) is 37.3 Å². The normalized spacial score (nSPS) is 15.5. The van der Waals surface area contributed by atoms with E-state index in [1.165, 1.54) is 18.4 Å². The largest absolute Gasteiger partial charge is 0.481 e. The van der Waals surface area contributed by atoms with Crippen molar-refractivity contribution >= 4 is 5.97 Å². The van der Waals surface area contributed by atoms with E-state index in [1.807, 2.05) is 19.1 Å². The van der Waals surface area contributed by atoms with Gasteiger partial charge in [-0.2, -0.15) is 0 Å². The molecule has 14 heavy (non-hydrogen) atoms. The molecule has 0 aromatic heterocycles. The zero-order chi connectivity index (χ0) is 10.1. The second kappa shape index (κ2) is 3.45. The minimum Gasteiger partial charge on any atom is -0.481 e. The number of carbonyl (C=O) groups is 1. The number of aliphatic carboxylic acids is 1. The molecule has 1 aliphatic carbocycles. The van der Waals surface area contributed by atoms with Crippen LogP contribution in [0.5, 0.6) is 0 Å². The molecule has 2 heteroatoms. The Labute approximate surface area is 83.6 Å². The number of carboxylic acid groups (broad SMARTS) is 1. The van der Waals surface area contributed by atoms with Gasteiger partial charge in [0.15, 0.2) is 0 Å². The SMILES string of the molecule is Cc1cccc(C2CC2)c1CC(=O)O.